The molecule has 1 rings (SSSR count). The number of rotatable bonds is 5. The zero-order chi connectivity index (χ0) is 9.52. The number of hydrogen-bond donors (Lipinski definition) is 1. The quantitative estimate of drug-likeness (QED) is 0.718. The van der Waals surface area contributed by atoms with E-state index in [0.717, 1.165) is 18.8 Å². The van der Waals surface area contributed by atoms with Crippen molar-refractivity contribution in [1.29, 1.82) is 0 Å². The summed E-state index contributed by atoms with van der Waals surface area (Å²) >= 11 is 1.63. The van der Waals surface area contributed by atoms with Gasteiger partial charge in [-0.15, -0.1) is 11.3 Å². The van der Waals surface area contributed by atoms with Crippen LogP contribution >= 0.6 is 11.3 Å². The predicted molar refractivity (Wildman–Crippen MR) is 56.6 cm³/mol. The number of thiazole rings is 1. The first-order valence-electron chi connectivity index (χ1n) is 4.23. The molecular formula is C9H15N3S. The van der Waals surface area contributed by atoms with Gasteiger partial charge < -0.3 is 5.73 Å². The van der Waals surface area contributed by atoms with Gasteiger partial charge in [0.2, 0.25) is 0 Å². The molecule has 13 heavy (non-hydrogen) atoms. The highest BCUT2D eigenvalue weighted by atomic mass is 32.1. The molecule has 0 unspecified atom stereocenters. The highest BCUT2D eigenvalue weighted by Gasteiger charge is 1.98. The second kappa shape index (κ2) is 5.85. The Labute approximate surface area is 82.9 Å². The molecule has 0 saturated heterocycles. The predicted octanol–water partition coefficient (Wildman–Crippen LogP) is 1.09. The second-order valence-corrected chi connectivity index (χ2v) is 3.60. The molecule has 3 nitrogen and oxygen atoms in total. The Hall–Kier alpha value is -0.710. The summed E-state index contributed by atoms with van der Waals surface area (Å²) in [6.45, 7) is 2.44. The highest BCUT2D eigenvalue weighted by Crippen LogP contribution is 2.03. The SMILES string of the molecule is CN(CC=CCN)Cc1cscn1. The van der Waals surface area contributed by atoms with Crippen molar-refractivity contribution < 1.29 is 0 Å². The summed E-state index contributed by atoms with van der Waals surface area (Å²) in [6, 6.07) is 0. The van der Waals surface area contributed by atoms with Gasteiger partial charge in [-0.3, -0.25) is 4.90 Å². The molecule has 0 aromatic carbocycles. The van der Waals surface area contributed by atoms with Gasteiger partial charge >= 0.3 is 0 Å². The van der Waals surface area contributed by atoms with Gasteiger partial charge in [0.25, 0.3) is 0 Å². The van der Waals surface area contributed by atoms with Crippen LogP contribution in [0.2, 0.25) is 0 Å². The Balaban J connectivity index is 2.25. The number of aromatic nitrogens is 1. The van der Waals surface area contributed by atoms with Gasteiger partial charge in [-0.2, -0.15) is 0 Å². The maximum absolute atomic E-state index is 5.33. The molecule has 0 bridgehead atoms. The minimum absolute atomic E-state index is 0.616. The van der Waals surface area contributed by atoms with Crippen molar-refractivity contribution in [3.8, 4) is 0 Å². The van der Waals surface area contributed by atoms with Gasteiger partial charge in [0, 0.05) is 25.0 Å². The average molecular weight is 197 g/mol. The van der Waals surface area contributed by atoms with Crippen molar-refractivity contribution in [2.24, 2.45) is 5.73 Å². The van der Waals surface area contributed by atoms with E-state index in [1.807, 2.05) is 11.6 Å². The fourth-order valence-corrected chi connectivity index (χ4v) is 1.56. The van der Waals surface area contributed by atoms with Crippen LogP contribution in [0.1, 0.15) is 5.69 Å². The van der Waals surface area contributed by atoms with Crippen molar-refractivity contribution in [3.05, 3.63) is 28.7 Å². The van der Waals surface area contributed by atoms with Crippen molar-refractivity contribution in [1.82, 2.24) is 9.88 Å². The molecule has 0 aliphatic heterocycles. The van der Waals surface area contributed by atoms with Gasteiger partial charge in [-0.05, 0) is 7.05 Å². The zero-order valence-corrected chi connectivity index (χ0v) is 8.63. The van der Waals surface area contributed by atoms with Crippen LogP contribution < -0.4 is 5.73 Å². The first-order chi connectivity index (χ1) is 6.33. The Kier molecular flexibility index (Phi) is 4.67. The Morgan fingerprint density at radius 3 is 3.08 bits per heavy atom. The van der Waals surface area contributed by atoms with Crippen LogP contribution in [0.5, 0.6) is 0 Å². The maximum atomic E-state index is 5.33. The van der Waals surface area contributed by atoms with E-state index < -0.39 is 0 Å². The third-order valence-electron chi connectivity index (χ3n) is 1.64. The fourth-order valence-electron chi connectivity index (χ4n) is 1.01. The summed E-state index contributed by atoms with van der Waals surface area (Å²) in [7, 11) is 2.07. The number of hydrogen-bond acceptors (Lipinski definition) is 4. The average Bonchev–Trinajstić information content (AvgIpc) is 2.57. The van der Waals surface area contributed by atoms with E-state index in [0.29, 0.717) is 6.54 Å². The molecule has 1 heterocycles. The van der Waals surface area contributed by atoms with Crippen LogP contribution in [-0.4, -0.2) is 30.0 Å². The molecule has 1 aromatic rings. The minimum Gasteiger partial charge on any atom is -0.327 e. The lowest BCUT2D eigenvalue weighted by Crippen LogP contribution is -2.17. The monoisotopic (exact) mass is 197 g/mol. The van der Waals surface area contributed by atoms with E-state index in [2.05, 4.69) is 28.4 Å². The largest absolute Gasteiger partial charge is 0.327 e. The first-order valence-corrected chi connectivity index (χ1v) is 5.18. The van der Waals surface area contributed by atoms with Crippen molar-refractivity contribution in [2.45, 2.75) is 6.54 Å². The number of nitrogens with two attached hydrogens (primary N) is 1. The van der Waals surface area contributed by atoms with E-state index in [9.17, 15) is 0 Å². The van der Waals surface area contributed by atoms with Gasteiger partial charge in [-0.1, -0.05) is 12.2 Å². The molecule has 0 atom stereocenters. The molecule has 0 radical (unpaired) electrons. The lowest BCUT2D eigenvalue weighted by molar-refractivity contribution is 0.359. The first kappa shape index (κ1) is 10.4. The summed E-state index contributed by atoms with van der Waals surface area (Å²) in [4.78, 5) is 6.41. The zero-order valence-electron chi connectivity index (χ0n) is 7.81. The molecule has 0 aliphatic carbocycles. The lowest BCUT2D eigenvalue weighted by atomic mass is 10.4. The third kappa shape index (κ3) is 4.17. The van der Waals surface area contributed by atoms with Gasteiger partial charge in [0.05, 0.1) is 11.2 Å². The van der Waals surface area contributed by atoms with Crippen molar-refractivity contribution >= 4 is 11.3 Å². The third-order valence-corrected chi connectivity index (χ3v) is 2.27. The molecule has 0 fully saturated rings. The smallest absolute Gasteiger partial charge is 0.0795 e. The van der Waals surface area contributed by atoms with Crippen LogP contribution in [-0.2, 0) is 6.54 Å². The molecule has 72 valence electrons. The van der Waals surface area contributed by atoms with Gasteiger partial charge in [0.15, 0.2) is 0 Å². The van der Waals surface area contributed by atoms with E-state index in [-0.39, 0.29) is 0 Å². The molecular weight excluding hydrogens is 182 g/mol. The highest BCUT2D eigenvalue weighted by molar-refractivity contribution is 7.07. The lowest BCUT2D eigenvalue weighted by Gasteiger charge is -2.11. The Morgan fingerprint density at radius 1 is 1.62 bits per heavy atom. The molecule has 2 N–H and O–H groups in total. The van der Waals surface area contributed by atoms with Crippen LogP contribution in [0.15, 0.2) is 23.0 Å². The molecule has 1 aromatic heterocycles. The van der Waals surface area contributed by atoms with Gasteiger partial charge in [0.1, 0.15) is 0 Å². The van der Waals surface area contributed by atoms with Crippen LogP contribution in [0.4, 0.5) is 0 Å². The second-order valence-electron chi connectivity index (χ2n) is 2.88. The molecule has 0 amide bonds. The summed E-state index contributed by atoms with van der Waals surface area (Å²) in [6.07, 6.45) is 4.05. The normalized spacial score (nSPS) is 11.6. The molecule has 4 heteroatoms. The van der Waals surface area contributed by atoms with Crippen molar-refractivity contribution in [3.63, 3.8) is 0 Å². The van der Waals surface area contributed by atoms with Crippen molar-refractivity contribution in [2.75, 3.05) is 20.1 Å². The topological polar surface area (TPSA) is 42.1 Å². The Morgan fingerprint density at radius 2 is 2.46 bits per heavy atom. The van der Waals surface area contributed by atoms with E-state index in [1.54, 1.807) is 11.3 Å². The number of likely N-dealkylation sites (N-methyl/N-ethyl adjacent to an activating group) is 1. The van der Waals surface area contributed by atoms with E-state index in [4.69, 9.17) is 5.73 Å². The van der Waals surface area contributed by atoms with Gasteiger partial charge in [-0.25, -0.2) is 4.98 Å². The molecule has 0 spiro atoms. The minimum atomic E-state index is 0.616. The van der Waals surface area contributed by atoms with Crippen LogP contribution in [0.25, 0.3) is 0 Å². The summed E-state index contributed by atoms with van der Waals surface area (Å²) in [5, 5.41) is 2.07. The summed E-state index contributed by atoms with van der Waals surface area (Å²) in [5.74, 6) is 0. The van der Waals surface area contributed by atoms with E-state index >= 15 is 0 Å². The fraction of sp³-hybridized carbons (Fsp3) is 0.444. The van der Waals surface area contributed by atoms with Crippen LogP contribution in [0, 0.1) is 0 Å². The summed E-state index contributed by atoms with van der Waals surface area (Å²) in [5.41, 5.74) is 8.33. The van der Waals surface area contributed by atoms with E-state index in [1.165, 1.54) is 0 Å². The molecule has 0 aliphatic rings. The standard InChI is InChI=1S/C9H15N3S/c1-12(5-3-2-4-10)6-9-7-13-8-11-9/h2-3,7-8H,4-6,10H2,1H3. The maximum Gasteiger partial charge on any atom is 0.0795 e. The van der Waals surface area contributed by atoms with Crippen LogP contribution in [0.3, 0.4) is 0 Å². The summed E-state index contributed by atoms with van der Waals surface area (Å²) < 4.78 is 0. The number of nitrogens with zero attached hydrogens (tertiary/aromatic N) is 2. The molecule has 0 saturated carbocycles. The Bertz CT molecular complexity index is 243.